The maximum absolute atomic E-state index is 12.7. The number of amides is 1. The summed E-state index contributed by atoms with van der Waals surface area (Å²) in [6.45, 7) is 5.57. The van der Waals surface area contributed by atoms with Gasteiger partial charge in [-0.2, -0.15) is 0 Å². The largest absolute Gasteiger partial charge is 0.481 e. The predicted molar refractivity (Wildman–Crippen MR) is 128 cm³/mol. The highest BCUT2D eigenvalue weighted by Crippen LogP contribution is 2.26. The van der Waals surface area contributed by atoms with Crippen molar-refractivity contribution >= 4 is 38.9 Å². The smallest absolute Gasteiger partial charge is 0.265 e. The first-order valence-electron chi connectivity index (χ1n) is 10.1. The topological polar surface area (TPSA) is 84.5 Å². The van der Waals surface area contributed by atoms with Crippen LogP contribution >= 0.6 is 11.6 Å². The molecule has 3 aromatic rings. The van der Waals surface area contributed by atoms with Gasteiger partial charge in [0.05, 0.1) is 10.6 Å². The molecule has 3 rings (SSSR count). The van der Waals surface area contributed by atoms with Crippen LogP contribution in [0.5, 0.6) is 5.75 Å². The number of halogens is 1. The fourth-order valence-corrected chi connectivity index (χ4v) is 4.26. The molecular weight excluding hydrogens is 448 g/mol. The third-order valence-corrected chi connectivity index (χ3v) is 6.70. The number of hydrogen-bond donors (Lipinski definition) is 2. The van der Waals surface area contributed by atoms with E-state index in [-0.39, 0.29) is 10.8 Å². The highest BCUT2D eigenvalue weighted by Gasteiger charge is 2.20. The van der Waals surface area contributed by atoms with Crippen LogP contribution in [0.15, 0.2) is 71.6 Å². The van der Waals surface area contributed by atoms with Crippen molar-refractivity contribution in [3.63, 3.8) is 0 Å². The summed E-state index contributed by atoms with van der Waals surface area (Å²) in [7, 11) is -3.81. The summed E-state index contributed by atoms with van der Waals surface area (Å²) in [5.41, 5.74) is 2.62. The first-order chi connectivity index (χ1) is 15.2. The van der Waals surface area contributed by atoms with Crippen LogP contribution in [0.1, 0.15) is 24.5 Å². The van der Waals surface area contributed by atoms with Gasteiger partial charge in [0.15, 0.2) is 6.10 Å². The van der Waals surface area contributed by atoms with E-state index in [0.717, 1.165) is 5.56 Å². The Labute approximate surface area is 193 Å². The summed E-state index contributed by atoms with van der Waals surface area (Å²) in [6.07, 6.45) is -0.191. The van der Waals surface area contributed by atoms with Crippen LogP contribution in [0.25, 0.3) is 0 Å². The lowest BCUT2D eigenvalue weighted by atomic mass is 10.2. The van der Waals surface area contributed by atoms with E-state index >= 15 is 0 Å². The van der Waals surface area contributed by atoms with Crippen molar-refractivity contribution in [1.82, 2.24) is 0 Å². The van der Waals surface area contributed by atoms with Gasteiger partial charge in [-0.05, 0) is 74.4 Å². The van der Waals surface area contributed by atoms with Crippen molar-refractivity contribution in [2.75, 3.05) is 10.0 Å². The second-order valence-electron chi connectivity index (χ2n) is 7.36. The average molecular weight is 473 g/mol. The SMILES string of the molecule is CC[C@H](Oc1ccc(C)cc1)C(=O)Nc1ccc(S(=O)(=O)Nc2cccc(Cl)c2C)cc1. The van der Waals surface area contributed by atoms with Crippen LogP contribution in [0.4, 0.5) is 11.4 Å². The van der Waals surface area contributed by atoms with Gasteiger partial charge in [-0.1, -0.05) is 42.3 Å². The number of ether oxygens (including phenoxy) is 1. The molecule has 0 unspecified atom stereocenters. The number of nitrogens with one attached hydrogen (secondary N) is 2. The molecule has 0 aliphatic carbocycles. The van der Waals surface area contributed by atoms with Gasteiger partial charge in [-0.15, -0.1) is 0 Å². The van der Waals surface area contributed by atoms with E-state index < -0.39 is 16.1 Å². The lowest BCUT2D eigenvalue weighted by Gasteiger charge is -2.17. The normalized spacial score (nSPS) is 12.1. The van der Waals surface area contributed by atoms with Gasteiger partial charge in [-0.3, -0.25) is 9.52 Å². The molecular formula is C24H25ClN2O4S. The minimum absolute atomic E-state index is 0.0674. The van der Waals surface area contributed by atoms with E-state index in [0.29, 0.717) is 34.1 Å². The summed E-state index contributed by atoms with van der Waals surface area (Å²) in [5, 5.41) is 3.25. The second kappa shape index (κ2) is 10.1. The number of hydrogen-bond acceptors (Lipinski definition) is 4. The van der Waals surface area contributed by atoms with Gasteiger partial charge in [0.25, 0.3) is 15.9 Å². The summed E-state index contributed by atoms with van der Waals surface area (Å²) in [5.74, 6) is 0.304. The van der Waals surface area contributed by atoms with Crippen molar-refractivity contribution in [1.29, 1.82) is 0 Å². The Morgan fingerprint density at radius 3 is 2.28 bits per heavy atom. The quantitative estimate of drug-likeness (QED) is 0.450. The fraction of sp³-hybridized carbons (Fsp3) is 0.208. The summed E-state index contributed by atoms with van der Waals surface area (Å²) >= 11 is 6.07. The number of benzene rings is 3. The Morgan fingerprint density at radius 1 is 1.00 bits per heavy atom. The summed E-state index contributed by atoms with van der Waals surface area (Å²) in [6, 6.07) is 18.4. The first-order valence-corrected chi connectivity index (χ1v) is 12.0. The summed E-state index contributed by atoms with van der Waals surface area (Å²) in [4.78, 5) is 12.7. The number of anilines is 2. The van der Waals surface area contributed by atoms with Crippen molar-refractivity contribution in [3.05, 3.63) is 82.9 Å². The highest BCUT2D eigenvalue weighted by molar-refractivity contribution is 7.92. The third kappa shape index (κ3) is 5.81. The minimum Gasteiger partial charge on any atom is -0.481 e. The molecule has 0 saturated carbocycles. The molecule has 6 nitrogen and oxygen atoms in total. The number of sulfonamides is 1. The molecule has 0 bridgehead atoms. The Morgan fingerprint density at radius 2 is 1.66 bits per heavy atom. The van der Waals surface area contributed by atoms with Crippen molar-refractivity contribution in [2.45, 2.75) is 38.2 Å². The van der Waals surface area contributed by atoms with Gasteiger partial charge in [0.1, 0.15) is 5.75 Å². The van der Waals surface area contributed by atoms with E-state index in [2.05, 4.69) is 10.0 Å². The number of rotatable bonds is 8. The zero-order chi connectivity index (χ0) is 23.3. The van der Waals surface area contributed by atoms with Crippen LogP contribution in [0.3, 0.4) is 0 Å². The molecule has 0 saturated heterocycles. The molecule has 0 heterocycles. The van der Waals surface area contributed by atoms with Gasteiger partial charge >= 0.3 is 0 Å². The molecule has 0 spiro atoms. The molecule has 0 aliphatic heterocycles. The molecule has 3 aromatic carbocycles. The van der Waals surface area contributed by atoms with Crippen molar-refractivity contribution in [3.8, 4) is 5.75 Å². The van der Waals surface area contributed by atoms with Crippen molar-refractivity contribution in [2.24, 2.45) is 0 Å². The third-order valence-electron chi connectivity index (χ3n) is 4.91. The van der Waals surface area contributed by atoms with Crippen LogP contribution in [-0.4, -0.2) is 20.4 Å². The lowest BCUT2D eigenvalue weighted by Crippen LogP contribution is -2.32. The Bertz CT molecular complexity index is 1190. The molecule has 1 amide bonds. The average Bonchev–Trinajstić information content (AvgIpc) is 2.76. The zero-order valence-corrected chi connectivity index (χ0v) is 19.6. The maximum Gasteiger partial charge on any atom is 0.265 e. The fourth-order valence-electron chi connectivity index (χ4n) is 2.97. The molecule has 0 aliphatic rings. The molecule has 8 heteroatoms. The van der Waals surface area contributed by atoms with Crippen LogP contribution in [0.2, 0.25) is 5.02 Å². The molecule has 0 radical (unpaired) electrons. The Balaban J connectivity index is 1.68. The van der Waals surface area contributed by atoms with Gasteiger partial charge in [0, 0.05) is 10.7 Å². The molecule has 1 atom stereocenters. The second-order valence-corrected chi connectivity index (χ2v) is 9.45. The van der Waals surface area contributed by atoms with Gasteiger partial charge in [-0.25, -0.2) is 8.42 Å². The molecule has 168 valence electrons. The predicted octanol–water partition coefficient (Wildman–Crippen LogP) is 5.55. The first kappa shape index (κ1) is 23.6. The van der Waals surface area contributed by atoms with Crippen LogP contribution in [0, 0.1) is 13.8 Å². The summed E-state index contributed by atoms with van der Waals surface area (Å²) < 4.78 is 33.8. The number of aryl methyl sites for hydroxylation is 1. The monoisotopic (exact) mass is 472 g/mol. The maximum atomic E-state index is 12.7. The Kier molecular flexibility index (Phi) is 7.43. The van der Waals surface area contributed by atoms with Gasteiger partial charge in [0.2, 0.25) is 0 Å². The van der Waals surface area contributed by atoms with Gasteiger partial charge < -0.3 is 10.1 Å². The molecule has 0 aromatic heterocycles. The van der Waals surface area contributed by atoms with Crippen molar-refractivity contribution < 1.29 is 17.9 Å². The zero-order valence-electron chi connectivity index (χ0n) is 18.1. The van der Waals surface area contributed by atoms with E-state index in [1.54, 1.807) is 25.1 Å². The lowest BCUT2D eigenvalue weighted by molar-refractivity contribution is -0.122. The highest BCUT2D eigenvalue weighted by atomic mass is 35.5. The number of carbonyl (C=O) groups is 1. The van der Waals surface area contributed by atoms with E-state index in [1.807, 2.05) is 38.1 Å². The minimum atomic E-state index is -3.81. The Hall–Kier alpha value is -3.03. The molecule has 0 fully saturated rings. The molecule has 32 heavy (non-hydrogen) atoms. The van der Waals surface area contributed by atoms with Crippen LogP contribution in [-0.2, 0) is 14.8 Å². The number of carbonyl (C=O) groups excluding carboxylic acids is 1. The molecule has 2 N–H and O–H groups in total. The van der Waals surface area contributed by atoms with E-state index in [1.165, 1.54) is 24.3 Å². The van der Waals surface area contributed by atoms with Crippen LogP contribution < -0.4 is 14.8 Å². The standard InChI is InChI=1S/C24H25ClN2O4S/c1-4-23(31-19-12-8-16(2)9-13-19)24(28)26-18-10-14-20(15-11-18)32(29,30)27-22-7-5-6-21(25)17(22)3/h5-15,23,27H,4H2,1-3H3,(H,26,28)/t23-/m0/s1. The van der Waals surface area contributed by atoms with E-state index in [9.17, 15) is 13.2 Å². The van der Waals surface area contributed by atoms with E-state index in [4.69, 9.17) is 16.3 Å².